The summed E-state index contributed by atoms with van der Waals surface area (Å²) in [6.45, 7) is 19.9. The molecule has 0 saturated heterocycles. The van der Waals surface area contributed by atoms with Crippen LogP contribution in [-0.2, 0) is 63.2 Å². The second-order valence-electron chi connectivity index (χ2n) is 41.8. The molecule has 0 bridgehead atoms. The summed E-state index contributed by atoms with van der Waals surface area (Å²) < 4.78 is 0. The summed E-state index contributed by atoms with van der Waals surface area (Å²) in [6.07, 6.45) is 33.9. The molecule has 0 fully saturated rings. The van der Waals surface area contributed by atoms with Gasteiger partial charge >= 0.3 is 0 Å². The van der Waals surface area contributed by atoms with Crippen molar-refractivity contribution in [3.63, 3.8) is 0 Å². The quantitative estimate of drug-likeness (QED) is 0.0357. The molecule has 0 spiro atoms. The number of fused-ring (bicyclic) bond motifs is 7. The Bertz CT molecular complexity index is 6990. The van der Waals surface area contributed by atoms with Crippen molar-refractivity contribution in [2.45, 2.75) is 241 Å². The molecule has 0 amide bonds. The normalized spacial score (nSPS) is 12.8. The molecule has 0 N–H and O–H groups in total. The van der Waals surface area contributed by atoms with E-state index in [0.29, 0.717) is 0 Å². The minimum absolute atomic E-state index is 0.0645. The molecule has 5 aliphatic carbocycles. The smallest absolute Gasteiger partial charge is 0.0465 e. The fraction of sp³-hybridized carbons (Fsp3) is 0.266. The zero-order valence-corrected chi connectivity index (χ0v) is 87.1. The van der Waals surface area contributed by atoms with Gasteiger partial charge < -0.3 is 29.4 Å². The maximum absolute atomic E-state index is 2.64. The van der Waals surface area contributed by atoms with Crippen LogP contribution < -0.4 is 29.4 Å². The Morgan fingerprint density at radius 1 is 0.179 bits per heavy atom. The van der Waals surface area contributed by atoms with Gasteiger partial charge in [0.1, 0.15) is 0 Å². The molecule has 6 heteroatoms. The molecule has 17 aromatic rings. The van der Waals surface area contributed by atoms with Gasteiger partial charge in [0.2, 0.25) is 0 Å². The van der Waals surface area contributed by atoms with Gasteiger partial charge in [0.05, 0.1) is 0 Å². The van der Waals surface area contributed by atoms with Gasteiger partial charge in [0.15, 0.2) is 0 Å². The van der Waals surface area contributed by atoms with E-state index in [0.717, 1.165) is 40.5 Å². The third-order valence-electron chi connectivity index (χ3n) is 31.4. The first-order valence-corrected chi connectivity index (χ1v) is 54.6. The van der Waals surface area contributed by atoms with Crippen molar-refractivity contribution < 1.29 is 0 Å². The Morgan fingerprint density at radius 3 is 0.655 bits per heavy atom. The number of nitrogens with zero attached hydrogens (tertiary/aromatic N) is 6. The van der Waals surface area contributed by atoms with E-state index in [1.165, 1.54) is 341 Å². The summed E-state index contributed by atoms with van der Waals surface area (Å²) in [5.74, 6) is 0. The molecule has 0 saturated carbocycles. The predicted molar refractivity (Wildman–Crippen MR) is 621 cm³/mol. The Labute approximate surface area is 865 Å². The van der Waals surface area contributed by atoms with Gasteiger partial charge in [-0.25, -0.2) is 0 Å². The minimum Gasteiger partial charge on any atom is -0.311 e. The lowest BCUT2D eigenvalue weighted by Gasteiger charge is -2.35. The van der Waals surface area contributed by atoms with Crippen LogP contribution in [0, 0.1) is 41.5 Å². The van der Waals surface area contributed by atoms with Gasteiger partial charge in [-0.2, -0.15) is 0 Å². The van der Waals surface area contributed by atoms with Crippen molar-refractivity contribution in [2.75, 3.05) is 29.4 Å². The highest BCUT2D eigenvalue weighted by molar-refractivity contribution is 5.91. The van der Waals surface area contributed by atoms with E-state index in [9.17, 15) is 0 Å². The fourth-order valence-electron chi connectivity index (χ4n) is 22.5. The van der Waals surface area contributed by atoms with Gasteiger partial charge in [-0.1, -0.05) is 314 Å². The highest BCUT2D eigenvalue weighted by atomic mass is 15.2. The average Bonchev–Trinajstić information content (AvgIpc) is 1.55. The van der Waals surface area contributed by atoms with E-state index in [1.807, 2.05) is 0 Å². The number of benzene rings is 17. The highest BCUT2D eigenvalue weighted by Crippen LogP contribution is 2.58. The van der Waals surface area contributed by atoms with Gasteiger partial charge in [-0.3, -0.25) is 0 Å². The van der Waals surface area contributed by atoms with Crippen LogP contribution in [0.15, 0.2) is 382 Å². The molecular formula is C139H144N6. The van der Waals surface area contributed by atoms with E-state index in [1.54, 1.807) is 11.1 Å². The van der Waals surface area contributed by atoms with E-state index < -0.39 is 0 Å². The molecule has 17 aromatic carbocycles. The van der Waals surface area contributed by atoms with Crippen LogP contribution in [0.1, 0.15) is 231 Å². The largest absolute Gasteiger partial charge is 0.311 e. The molecule has 5 aliphatic rings. The van der Waals surface area contributed by atoms with Crippen LogP contribution in [0.25, 0.3) is 22.3 Å². The van der Waals surface area contributed by atoms with E-state index in [-0.39, 0.29) is 5.41 Å². The first kappa shape index (κ1) is 98.0. The lowest BCUT2D eigenvalue weighted by atomic mass is 9.70. The first-order chi connectivity index (χ1) is 71.2. The number of para-hydroxylation sites is 1. The third-order valence-corrected chi connectivity index (χ3v) is 31.4. The molecule has 22 rings (SSSR count). The number of anilines is 18. The fourth-order valence-corrected chi connectivity index (χ4v) is 22.5. The average molecular weight is 1900 g/mol. The number of rotatable bonds is 38. The summed E-state index contributed by atoms with van der Waals surface area (Å²) in [4.78, 5) is 14.5. The van der Waals surface area contributed by atoms with Crippen LogP contribution >= 0.6 is 0 Å². The highest BCUT2D eigenvalue weighted by Gasteiger charge is 2.44. The summed E-state index contributed by atoms with van der Waals surface area (Å²) >= 11 is 0. The van der Waals surface area contributed by atoms with Crippen molar-refractivity contribution in [2.24, 2.45) is 0 Å². The third kappa shape index (κ3) is 22.3. The molecular weight excluding hydrogens is 1750 g/mol. The van der Waals surface area contributed by atoms with E-state index in [4.69, 9.17) is 0 Å². The number of hydrogen-bond acceptors (Lipinski definition) is 6. The maximum atomic E-state index is 2.64. The second kappa shape index (κ2) is 45.6. The summed E-state index contributed by atoms with van der Waals surface area (Å²) in [5.41, 5.74) is 50.9. The van der Waals surface area contributed by atoms with Crippen molar-refractivity contribution in [1.82, 2.24) is 0 Å². The zero-order valence-electron chi connectivity index (χ0n) is 87.1. The Morgan fingerprint density at radius 2 is 0.386 bits per heavy atom. The first-order valence-electron chi connectivity index (χ1n) is 54.6. The van der Waals surface area contributed by atoms with Crippen LogP contribution in [0.3, 0.4) is 0 Å². The van der Waals surface area contributed by atoms with Gasteiger partial charge in [0, 0.05) is 108 Å². The molecule has 0 radical (unpaired) electrons. The molecule has 0 aromatic heterocycles. The molecule has 730 valence electrons. The SMILES string of the molecule is CCCCCCCCC1(CCCCCCCC)c2cc(N(c3ccc(C)cc3)c3ccc4c(c3)CC4)ccc2-c2ccc(N(c3ccc(C)cc3)c3ccc4c(c3)CC4)cc21.CCCCCCc1ccc(N(c2ccc(C)cc2)c2ccc(-c3ccc(N(c4ccc(C)cc4)c4ccc5c(c4)CC5)cc3)cc2)cc1.Cc1ccc(N(c2ccc(C)cc2)c2ccc(N(c3ccccc3)c3ccc4c(c3)CC4)cc2)cc1. The number of unbranched alkanes of at least 4 members (excludes halogenated alkanes) is 13. The molecule has 6 nitrogen and oxygen atoms in total. The summed E-state index contributed by atoms with van der Waals surface area (Å²) in [6, 6.07) is 144. The van der Waals surface area contributed by atoms with Crippen molar-refractivity contribution in [3.8, 4) is 22.3 Å². The second-order valence-corrected chi connectivity index (χ2v) is 41.8. The maximum Gasteiger partial charge on any atom is 0.0465 e. The van der Waals surface area contributed by atoms with Crippen LogP contribution in [0.4, 0.5) is 102 Å². The Kier molecular flexibility index (Phi) is 30.8. The molecule has 0 atom stereocenters. The lowest BCUT2D eigenvalue weighted by Crippen LogP contribution is -2.26. The molecule has 145 heavy (non-hydrogen) atoms. The van der Waals surface area contributed by atoms with Crippen LogP contribution in [0.2, 0.25) is 0 Å². The topological polar surface area (TPSA) is 19.4 Å². The van der Waals surface area contributed by atoms with Crippen molar-refractivity contribution in [1.29, 1.82) is 0 Å². The van der Waals surface area contributed by atoms with Crippen LogP contribution in [-0.4, -0.2) is 0 Å². The minimum atomic E-state index is -0.0645. The zero-order chi connectivity index (χ0) is 99.1. The lowest BCUT2D eigenvalue weighted by molar-refractivity contribution is 0.398. The van der Waals surface area contributed by atoms with Gasteiger partial charge in [0.25, 0.3) is 0 Å². The van der Waals surface area contributed by atoms with E-state index >= 15 is 0 Å². The standard InChI is InChI=1S/C59H68N2.C46H46N2.C34H30N2/c1-5-7-9-11-13-15-37-59(38-16-14-12-10-8-6-2)57-41-53(60(49-27-17-43(3)18-28-49)51-31-25-45-21-23-47(45)39-51)33-35-55(57)56-36-34-54(42-58(56)59)61(50-29-19-44(4)20-30-50)52-32-26-46-22-24-48(46)40-52;1-4-5-6-7-8-36-13-26-43(27-14-36)47(41-22-9-34(2)10-23-41)44-28-17-37(18-29-44)38-19-30-45(31-20-38)48(42-24-11-35(3)12-25-42)46-32-21-39-15-16-40(39)33-46;1-25-8-15-30(16-9-25)35(31-17-10-26(2)11-18-31)32-20-22-33(23-21-32)36(29-6-4-3-5-7-29)34-19-14-27-12-13-28(27)24-34/h17-20,25-36,39-42H,5-16,21-24,37-38H2,1-4H3;9-14,17-33H,4-8,15-16H2,1-3H3;3-11,14-24H,12-13H2,1-2H3. The Hall–Kier alpha value is -14.5. The molecule has 0 aliphatic heterocycles. The summed E-state index contributed by atoms with van der Waals surface area (Å²) in [7, 11) is 0. The number of hydrogen-bond donors (Lipinski definition) is 0. The van der Waals surface area contributed by atoms with Gasteiger partial charge in [-0.05, 0) is 420 Å². The van der Waals surface area contributed by atoms with Crippen LogP contribution in [0.5, 0.6) is 0 Å². The summed E-state index contributed by atoms with van der Waals surface area (Å²) in [5, 5.41) is 0. The molecule has 0 heterocycles. The molecule has 0 unspecified atom stereocenters. The van der Waals surface area contributed by atoms with E-state index in [2.05, 4.69) is 474 Å². The predicted octanol–water partition coefficient (Wildman–Crippen LogP) is 39.7. The number of aryl methyl sites for hydroxylation is 15. The van der Waals surface area contributed by atoms with Crippen molar-refractivity contribution in [3.05, 3.63) is 477 Å². The van der Waals surface area contributed by atoms with Crippen molar-refractivity contribution >= 4 is 102 Å². The van der Waals surface area contributed by atoms with Gasteiger partial charge in [-0.15, -0.1) is 0 Å². The Balaban J connectivity index is 0.000000137. The monoisotopic (exact) mass is 1900 g/mol.